The highest BCUT2D eigenvalue weighted by molar-refractivity contribution is 4.49. The van der Waals surface area contributed by atoms with Gasteiger partial charge >= 0.3 is 0 Å². The van der Waals surface area contributed by atoms with Crippen LogP contribution in [0.4, 0.5) is 0 Å². The zero-order valence-electron chi connectivity index (χ0n) is 9.33. The van der Waals surface area contributed by atoms with Gasteiger partial charge in [-0.3, -0.25) is 0 Å². The molecule has 0 rings (SSSR count). The molecule has 4 nitrogen and oxygen atoms in total. The highest BCUT2D eigenvalue weighted by Crippen LogP contribution is 1.92. The Morgan fingerprint density at radius 3 is 2.43 bits per heavy atom. The summed E-state index contributed by atoms with van der Waals surface area (Å²) in [5, 5.41) is 0. The lowest BCUT2D eigenvalue weighted by Crippen LogP contribution is -2.18. The summed E-state index contributed by atoms with van der Waals surface area (Å²) < 4.78 is 15.6. The Morgan fingerprint density at radius 1 is 1.07 bits per heavy atom. The van der Waals surface area contributed by atoms with Gasteiger partial charge in [0, 0.05) is 20.3 Å². The van der Waals surface area contributed by atoms with E-state index in [4.69, 9.17) is 19.9 Å². The van der Waals surface area contributed by atoms with Gasteiger partial charge < -0.3 is 19.9 Å². The Hall–Kier alpha value is -0.160. The summed E-state index contributed by atoms with van der Waals surface area (Å²) >= 11 is 0. The zero-order chi connectivity index (χ0) is 10.6. The summed E-state index contributed by atoms with van der Waals surface area (Å²) in [7, 11) is 1.69. The van der Waals surface area contributed by atoms with Crippen molar-refractivity contribution in [3.63, 3.8) is 0 Å². The second-order valence-electron chi connectivity index (χ2n) is 3.37. The molecule has 0 aromatic heterocycles. The molecular formula is C10H23NO3. The number of ether oxygens (including phenoxy) is 3. The molecule has 4 heteroatoms. The molecule has 0 aliphatic heterocycles. The van der Waals surface area contributed by atoms with Crippen LogP contribution in [-0.4, -0.2) is 46.7 Å². The molecule has 0 fully saturated rings. The molecule has 0 aromatic rings. The van der Waals surface area contributed by atoms with Gasteiger partial charge in [-0.2, -0.15) is 0 Å². The molecule has 0 heterocycles. The summed E-state index contributed by atoms with van der Waals surface area (Å²) in [6.45, 7) is 6.26. The van der Waals surface area contributed by atoms with E-state index >= 15 is 0 Å². The highest BCUT2D eigenvalue weighted by atomic mass is 16.5. The lowest BCUT2D eigenvalue weighted by atomic mass is 10.2. The molecule has 0 aliphatic rings. The van der Waals surface area contributed by atoms with Crippen LogP contribution >= 0.6 is 0 Å². The second kappa shape index (κ2) is 10.9. The van der Waals surface area contributed by atoms with Crippen LogP contribution in [0.25, 0.3) is 0 Å². The average Bonchev–Trinajstić information content (AvgIpc) is 2.21. The fourth-order valence-corrected chi connectivity index (χ4v) is 0.878. The van der Waals surface area contributed by atoms with Gasteiger partial charge in [-0.05, 0) is 18.9 Å². The van der Waals surface area contributed by atoms with Crippen molar-refractivity contribution in [1.29, 1.82) is 0 Å². The van der Waals surface area contributed by atoms with E-state index in [9.17, 15) is 0 Å². The summed E-state index contributed by atoms with van der Waals surface area (Å²) in [6.07, 6.45) is 0.940. The maximum Gasteiger partial charge on any atom is 0.0700 e. The van der Waals surface area contributed by atoms with Gasteiger partial charge in [0.2, 0.25) is 0 Å². The first-order valence-corrected chi connectivity index (χ1v) is 5.15. The van der Waals surface area contributed by atoms with Gasteiger partial charge in [0.05, 0.1) is 19.8 Å². The van der Waals surface area contributed by atoms with E-state index in [1.807, 2.05) is 0 Å². The third kappa shape index (κ3) is 9.92. The molecule has 0 spiro atoms. The number of nitrogens with two attached hydrogens (primary N) is 1. The van der Waals surface area contributed by atoms with Crippen molar-refractivity contribution in [1.82, 2.24) is 0 Å². The minimum Gasteiger partial charge on any atom is -0.385 e. The third-order valence-corrected chi connectivity index (χ3v) is 1.81. The molecule has 1 atom stereocenters. The molecule has 0 radical (unpaired) electrons. The van der Waals surface area contributed by atoms with E-state index in [0.717, 1.165) is 26.2 Å². The second-order valence-corrected chi connectivity index (χ2v) is 3.37. The van der Waals surface area contributed by atoms with Crippen LogP contribution in [0.15, 0.2) is 0 Å². The first-order chi connectivity index (χ1) is 6.81. The molecule has 0 aromatic carbocycles. The van der Waals surface area contributed by atoms with Crippen molar-refractivity contribution >= 4 is 0 Å². The molecule has 14 heavy (non-hydrogen) atoms. The van der Waals surface area contributed by atoms with Gasteiger partial charge in [-0.15, -0.1) is 0 Å². The fourth-order valence-electron chi connectivity index (χ4n) is 0.878. The molecule has 86 valence electrons. The van der Waals surface area contributed by atoms with Gasteiger partial charge in [0.15, 0.2) is 0 Å². The van der Waals surface area contributed by atoms with Crippen LogP contribution in [-0.2, 0) is 14.2 Å². The zero-order valence-corrected chi connectivity index (χ0v) is 9.33. The van der Waals surface area contributed by atoms with E-state index in [0.29, 0.717) is 25.7 Å². The van der Waals surface area contributed by atoms with Crippen LogP contribution in [0.3, 0.4) is 0 Å². The van der Waals surface area contributed by atoms with Gasteiger partial charge in [-0.25, -0.2) is 0 Å². The molecular weight excluding hydrogens is 182 g/mol. The minimum absolute atomic E-state index is 0.434. The van der Waals surface area contributed by atoms with E-state index in [-0.39, 0.29) is 0 Å². The molecule has 0 bridgehead atoms. The topological polar surface area (TPSA) is 53.7 Å². The van der Waals surface area contributed by atoms with Crippen LogP contribution in [0.2, 0.25) is 0 Å². The quantitative estimate of drug-likeness (QED) is 0.532. The standard InChI is InChI=1S/C10H23NO3/c1-10(8-11)9-14-7-6-13-5-3-4-12-2/h10H,3-9,11H2,1-2H3. The first kappa shape index (κ1) is 13.8. The monoisotopic (exact) mass is 205 g/mol. The summed E-state index contributed by atoms with van der Waals surface area (Å²) in [5.41, 5.74) is 5.44. The number of rotatable bonds is 10. The highest BCUT2D eigenvalue weighted by Gasteiger charge is 1.97. The average molecular weight is 205 g/mol. The predicted molar refractivity (Wildman–Crippen MR) is 56.3 cm³/mol. The summed E-state index contributed by atoms with van der Waals surface area (Å²) in [5.74, 6) is 0.434. The Morgan fingerprint density at radius 2 is 1.79 bits per heavy atom. The van der Waals surface area contributed by atoms with E-state index in [2.05, 4.69) is 6.92 Å². The molecule has 0 saturated heterocycles. The summed E-state index contributed by atoms with van der Waals surface area (Å²) in [4.78, 5) is 0. The van der Waals surface area contributed by atoms with Crippen LogP contribution in [0.1, 0.15) is 13.3 Å². The Labute approximate surface area is 86.7 Å². The van der Waals surface area contributed by atoms with Crippen LogP contribution < -0.4 is 5.73 Å². The van der Waals surface area contributed by atoms with E-state index in [1.165, 1.54) is 0 Å². The SMILES string of the molecule is COCCCOCCOCC(C)CN. The number of hydrogen-bond donors (Lipinski definition) is 1. The van der Waals surface area contributed by atoms with E-state index in [1.54, 1.807) is 7.11 Å². The Balaban J connectivity index is 2.92. The molecule has 0 saturated carbocycles. The van der Waals surface area contributed by atoms with Crippen LogP contribution in [0, 0.1) is 5.92 Å². The van der Waals surface area contributed by atoms with Crippen molar-refractivity contribution in [3.8, 4) is 0 Å². The number of methoxy groups -OCH3 is 1. The van der Waals surface area contributed by atoms with Gasteiger partial charge in [0.1, 0.15) is 0 Å². The third-order valence-electron chi connectivity index (χ3n) is 1.81. The minimum atomic E-state index is 0.434. The maximum atomic E-state index is 5.44. The number of hydrogen-bond acceptors (Lipinski definition) is 4. The molecule has 0 aliphatic carbocycles. The maximum absolute atomic E-state index is 5.44. The molecule has 1 unspecified atom stereocenters. The van der Waals surface area contributed by atoms with Crippen LogP contribution in [0.5, 0.6) is 0 Å². The first-order valence-electron chi connectivity index (χ1n) is 5.15. The van der Waals surface area contributed by atoms with Gasteiger partial charge in [-0.1, -0.05) is 6.92 Å². The van der Waals surface area contributed by atoms with E-state index < -0.39 is 0 Å². The largest absolute Gasteiger partial charge is 0.385 e. The lowest BCUT2D eigenvalue weighted by molar-refractivity contribution is 0.0304. The molecule has 0 amide bonds. The van der Waals surface area contributed by atoms with Crippen molar-refractivity contribution in [2.45, 2.75) is 13.3 Å². The predicted octanol–water partition coefficient (Wildman–Crippen LogP) is 0.651. The normalized spacial score (nSPS) is 13.1. The fraction of sp³-hybridized carbons (Fsp3) is 1.00. The Bertz CT molecular complexity index is 112. The van der Waals surface area contributed by atoms with Gasteiger partial charge in [0.25, 0.3) is 0 Å². The van der Waals surface area contributed by atoms with Crippen molar-refractivity contribution in [2.24, 2.45) is 11.7 Å². The molecule has 2 N–H and O–H groups in total. The van der Waals surface area contributed by atoms with Crippen molar-refractivity contribution in [3.05, 3.63) is 0 Å². The lowest BCUT2D eigenvalue weighted by Gasteiger charge is -2.09. The Kier molecular flexibility index (Phi) is 10.8. The van der Waals surface area contributed by atoms with Crippen molar-refractivity contribution in [2.75, 3.05) is 46.7 Å². The summed E-state index contributed by atoms with van der Waals surface area (Å²) in [6, 6.07) is 0. The van der Waals surface area contributed by atoms with Crippen molar-refractivity contribution < 1.29 is 14.2 Å². The smallest absolute Gasteiger partial charge is 0.0700 e.